The maximum absolute atomic E-state index is 12.0. The van der Waals surface area contributed by atoms with E-state index >= 15 is 0 Å². The van der Waals surface area contributed by atoms with Crippen LogP contribution in [-0.4, -0.2) is 31.1 Å². The van der Waals surface area contributed by atoms with Crippen molar-refractivity contribution >= 4 is 11.6 Å². The second-order valence-electron chi connectivity index (χ2n) is 4.11. The Morgan fingerprint density at radius 1 is 1.65 bits per heavy atom. The molecule has 17 heavy (non-hydrogen) atoms. The number of aromatic nitrogens is 1. The fourth-order valence-electron chi connectivity index (χ4n) is 1.96. The van der Waals surface area contributed by atoms with Crippen LogP contribution in [0.3, 0.4) is 0 Å². The van der Waals surface area contributed by atoms with Crippen molar-refractivity contribution in [3.05, 3.63) is 18.5 Å². The van der Waals surface area contributed by atoms with Gasteiger partial charge in [0.05, 0.1) is 19.2 Å². The quantitative estimate of drug-likeness (QED) is 0.821. The van der Waals surface area contributed by atoms with E-state index in [2.05, 4.69) is 15.6 Å². The lowest BCUT2D eigenvalue weighted by Crippen LogP contribution is -2.37. The largest absolute Gasteiger partial charge is 0.494 e. The van der Waals surface area contributed by atoms with Gasteiger partial charge in [0.1, 0.15) is 11.4 Å². The highest BCUT2D eigenvalue weighted by Gasteiger charge is 2.21. The minimum atomic E-state index is 0.0310. The van der Waals surface area contributed by atoms with Crippen molar-refractivity contribution in [3.63, 3.8) is 0 Å². The van der Waals surface area contributed by atoms with Crippen LogP contribution in [0.5, 0.6) is 5.75 Å². The summed E-state index contributed by atoms with van der Waals surface area (Å²) >= 11 is 0. The van der Waals surface area contributed by atoms with Gasteiger partial charge in [-0.25, -0.2) is 0 Å². The molecule has 0 radical (unpaired) electrons. The van der Waals surface area contributed by atoms with E-state index in [9.17, 15) is 4.79 Å². The lowest BCUT2D eigenvalue weighted by molar-refractivity contribution is -0.120. The fourth-order valence-corrected chi connectivity index (χ4v) is 1.96. The molecule has 2 N–H and O–H groups in total. The molecule has 2 heterocycles. The highest BCUT2D eigenvalue weighted by atomic mass is 16.5. The number of ether oxygens (including phenoxy) is 1. The third-order valence-electron chi connectivity index (χ3n) is 2.93. The molecule has 0 spiro atoms. The first-order valence-corrected chi connectivity index (χ1v) is 5.81. The van der Waals surface area contributed by atoms with Gasteiger partial charge >= 0.3 is 0 Å². The van der Waals surface area contributed by atoms with Crippen LogP contribution in [0.1, 0.15) is 12.8 Å². The van der Waals surface area contributed by atoms with E-state index in [0.717, 1.165) is 25.9 Å². The van der Waals surface area contributed by atoms with Crippen molar-refractivity contribution in [2.24, 2.45) is 5.92 Å². The maximum Gasteiger partial charge on any atom is 0.228 e. The van der Waals surface area contributed by atoms with Gasteiger partial charge in [-0.3, -0.25) is 9.78 Å². The van der Waals surface area contributed by atoms with Gasteiger partial charge in [-0.1, -0.05) is 0 Å². The van der Waals surface area contributed by atoms with Crippen molar-refractivity contribution in [3.8, 4) is 5.75 Å². The first-order valence-electron chi connectivity index (χ1n) is 5.81. The molecule has 1 aliphatic heterocycles. The SMILES string of the molecule is COc1ccncc1NC(=O)C1CCCNC1. The van der Waals surface area contributed by atoms with Crippen LogP contribution < -0.4 is 15.4 Å². The number of pyridine rings is 1. The van der Waals surface area contributed by atoms with Gasteiger partial charge in [0.2, 0.25) is 5.91 Å². The van der Waals surface area contributed by atoms with Gasteiger partial charge < -0.3 is 15.4 Å². The minimum Gasteiger partial charge on any atom is -0.494 e. The van der Waals surface area contributed by atoms with Crippen LogP contribution in [0.25, 0.3) is 0 Å². The molecular formula is C12H17N3O2. The molecule has 0 saturated carbocycles. The van der Waals surface area contributed by atoms with Crippen LogP contribution in [0.4, 0.5) is 5.69 Å². The van der Waals surface area contributed by atoms with E-state index in [1.54, 1.807) is 25.6 Å². The summed E-state index contributed by atoms with van der Waals surface area (Å²) in [5.41, 5.74) is 0.630. The van der Waals surface area contributed by atoms with Gasteiger partial charge in [0, 0.05) is 18.8 Å². The first-order chi connectivity index (χ1) is 8.31. The highest BCUT2D eigenvalue weighted by Crippen LogP contribution is 2.23. The number of hydrogen-bond acceptors (Lipinski definition) is 4. The number of piperidine rings is 1. The van der Waals surface area contributed by atoms with Crippen LogP contribution in [0.15, 0.2) is 18.5 Å². The molecule has 1 atom stereocenters. The van der Waals surface area contributed by atoms with Crippen molar-refractivity contribution in [1.29, 1.82) is 0 Å². The predicted molar refractivity (Wildman–Crippen MR) is 65.0 cm³/mol. The minimum absolute atomic E-state index is 0.0310. The van der Waals surface area contributed by atoms with Gasteiger partial charge in [-0.15, -0.1) is 0 Å². The number of carbonyl (C=O) groups excluding carboxylic acids is 1. The molecule has 1 aliphatic rings. The average Bonchev–Trinajstić information content (AvgIpc) is 2.40. The summed E-state index contributed by atoms with van der Waals surface area (Å²) in [7, 11) is 1.58. The van der Waals surface area contributed by atoms with Crippen molar-refractivity contribution in [1.82, 2.24) is 10.3 Å². The Morgan fingerprint density at radius 3 is 3.24 bits per heavy atom. The first kappa shape index (κ1) is 11.9. The maximum atomic E-state index is 12.0. The molecule has 1 unspecified atom stereocenters. The summed E-state index contributed by atoms with van der Waals surface area (Å²) in [5.74, 6) is 0.703. The number of carbonyl (C=O) groups is 1. The van der Waals surface area contributed by atoms with E-state index in [-0.39, 0.29) is 11.8 Å². The van der Waals surface area contributed by atoms with E-state index in [4.69, 9.17) is 4.74 Å². The zero-order valence-electron chi connectivity index (χ0n) is 9.90. The molecule has 1 saturated heterocycles. The number of rotatable bonds is 3. The molecule has 0 aromatic carbocycles. The van der Waals surface area contributed by atoms with Gasteiger partial charge in [0.25, 0.3) is 0 Å². The Morgan fingerprint density at radius 2 is 2.53 bits per heavy atom. The van der Waals surface area contributed by atoms with Crippen molar-refractivity contribution in [2.75, 3.05) is 25.5 Å². The number of nitrogens with zero attached hydrogens (tertiary/aromatic N) is 1. The van der Waals surface area contributed by atoms with Gasteiger partial charge in [-0.2, -0.15) is 0 Å². The van der Waals surface area contributed by atoms with Crippen molar-refractivity contribution in [2.45, 2.75) is 12.8 Å². The summed E-state index contributed by atoms with van der Waals surface area (Å²) in [6, 6.07) is 1.73. The molecule has 0 aliphatic carbocycles. The number of hydrogen-bond donors (Lipinski definition) is 2. The van der Waals surface area contributed by atoms with E-state index < -0.39 is 0 Å². The predicted octanol–water partition coefficient (Wildman–Crippen LogP) is 1.03. The molecule has 0 bridgehead atoms. The molecule has 1 aromatic rings. The topological polar surface area (TPSA) is 63.2 Å². The monoisotopic (exact) mass is 235 g/mol. The Balaban J connectivity index is 2.01. The third kappa shape index (κ3) is 2.94. The number of anilines is 1. The Bertz CT molecular complexity index is 389. The van der Waals surface area contributed by atoms with Crippen LogP contribution in [-0.2, 0) is 4.79 Å². The molecule has 5 nitrogen and oxygen atoms in total. The second-order valence-corrected chi connectivity index (χ2v) is 4.11. The molecule has 1 aromatic heterocycles. The van der Waals surface area contributed by atoms with Crippen molar-refractivity contribution < 1.29 is 9.53 Å². The van der Waals surface area contributed by atoms with Gasteiger partial charge in [-0.05, 0) is 19.4 Å². The summed E-state index contributed by atoms with van der Waals surface area (Å²) in [4.78, 5) is 16.0. The zero-order chi connectivity index (χ0) is 12.1. The van der Waals surface area contributed by atoms with E-state index in [1.807, 2.05) is 0 Å². The Labute approximate surface area is 101 Å². The van der Waals surface area contributed by atoms with E-state index in [0.29, 0.717) is 11.4 Å². The molecule has 92 valence electrons. The number of amides is 1. The third-order valence-corrected chi connectivity index (χ3v) is 2.93. The summed E-state index contributed by atoms with van der Waals surface area (Å²) < 4.78 is 5.16. The van der Waals surface area contributed by atoms with Crippen LogP contribution in [0.2, 0.25) is 0 Å². The smallest absolute Gasteiger partial charge is 0.228 e. The highest BCUT2D eigenvalue weighted by molar-refractivity contribution is 5.93. The zero-order valence-corrected chi connectivity index (χ0v) is 9.90. The van der Waals surface area contributed by atoms with E-state index in [1.165, 1.54) is 0 Å². The van der Waals surface area contributed by atoms with Crippen LogP contribution >= 0.6 is 0 Å². The van der Waals surface area contributed by atoms with Crippen LogP contribution in [0, 0.1) is 5.92 Å². The Hall–Kier alpha value is -1.62. The number of nitrogens with one attached hydrogen (secondary N) is 2. The normalized spacial score (nSPS) is 19.7. The number of methoxy groups -OCH3 is 1. The molecule has 5 heteroatoms. The molecule has 1 amide bonds. The lowest BCUT2D eigenvalue weighted by Gasteiger charge is -2.22. The average molecular weight is 235 g/mol. The fraction of sp³-hybridized carbons (Fsp3) is 0.500. The summed E-state index contributed by atoms with van der Waals surface area (Å²) in [6.45, 7) is 1.74. The molecular weight excluding hydrogens is 218 g/mol. The lowest BCUT2D eigenvalue weighted by atomic mass is 9.99. The van der Waals surface area contributed by atoms with Gasteiger partial charge in [0.15, 0.2) is 0 Å². The standard InChI is InChI=1S/C12H17N3O2/c1-17-11-4-6-14-8-10(11)15-12(16)9-3-2-5-13-7-9/h4,6,8-9,13H,2-3,5,7H2,1H3,(H,15,16). The summed E-state index contributed by atoms with van der Waals surface area (Å²) in [6.07, 6.45) is 5.22. The summed E-state index contributed by atoms with van der Waals surface area (Å²) in [5, 5.41) is 6.09. The Kier molecular flexibility index (Phi) is 3.93. The molecule has 1 fully saturated rings. The molecule has 2 rings (SSSR count). The second kappa shape index (κ2) is 5.63.